The first-order chi connectivity index (χ1) is 17.4. The lowest BCUT2D eigenvalue weighted by molar-refractivity contribution is -0.129. The number of ketones is 1. The second kappa shape index (κ2) is 11.7. The first-order valence-corrected chi connectivity index (χ1v) is 12.7. The largest absolute Gasteiger partial charge is 0.422 e. The molecule has 0 N–H and O–H groups in total. The Morgan fingerprint density at radius 3 is 2.49 bits per heavy atom. The molecule has 0 radical (unpaired) electrons. The average molecular weight is 521 g/mol. The SMILES string of the molecule is CC(=O)c1cc2cc(Cl)c(OC(=O)C=C(C)C=CC=C(C)C=CC3=C(C)CCCC3(C)C)cc2oc1=O. The second-order valence-electron chi connectivity index (χ2n) is 10.2. The molecule has 1 heterocycles. The lowest BCUT2D eigenvalue weighted by atomic mass is 9.72. The van der Waals surface area contributed by atoms with Crippen molar-refractivity contribution in [1.82, 2.24) is 0 Å². The zero-order chi connectivity index (χ0) is 27.3. The minimum Gasteiger partial charge on any atom is -0.422 e. The third-order valence-corrected chi connectivity index (χ3v) is 6.79. The molecule has 194 valence electrons. The number of Topliss-reactive ketones (excluding diaryl/α,β-unsaturated/α-hetero) is 1. The van der Waals surface area contributed by atoms with E-state index in [9.17, 15) is 14.4 Å². The number of esters is 1. The summed E-state index contributed by atoms with van der Waals surface area (Å²) in [5.74, 6) is -0.964. The van der Waals surface area contributed by atoms with Crippen LogP contribution in [0.15, 0.2) is 86.2 Å². The van der Waals surface area contributed by atoms with Crippen LogP contribution in [-0.2, 0) is 4.79 Å². The number of ether oxygens (including phenoxy) is 1. The minimum atomic E-state index is -0.756. The average Bonchev–Trinajstić information content (AvgIpc) is 2.78. The smallest absolute Gasteiger partial charge is 0.347 e. The quantitative estimate of drug-likeness (QED) is 0.0920. The molecule has 1 aliphatic rings. The molecule has 0 atom stereocenters. The van der Waals surface area contributed by atoms with Crippen molar-refractivity contribution in [3.05, 3.63) is 98.0 Å². The maximum Gasteiger partial charge on any atom is 0.347 e. The molecule has 0 spiro atoms. The van der Waals surface area contributed by atoms with E-state index in [-0.39, 0.29) is 27.3 Å². The Hall–Kier alpha value is -3.44. The number of hydrogen-bond donors (Lipinski definition) is 0. The molecule has 1 aliphatic carbocycles. The maximum atomic E-state index is 12.4. The predicted molar refractivity (Wildman–Crippen MR) is 149 cm³/mol. The molecule has 0 saturated heterocycles. The lowest BCUT2D eigenvalue weighted by Gasteiger charge is -2.32. The van der Waals surface area contributed by atoms with Gasteiger partial charge in [-0.1, -0.05) is 67.0 Å². The number of carbonyl (C=O) groups excluding carboxylic acids is 2. The lowest BCUT2D eigenvalue weighted by Crippen LogP contribution is -2.19. The number of fused-ring (bicyclic) bond motifs is 1. The van der Waals surface area contributed by atoms with E-state index in [4.69, 9.17) is 20.8 Å². The van der Waals surface area contributed by atoms with Crippen molar-refractivity contribution < 1.29 is 18.7 Å². The fourth-order valence-corrected chi connectivity index (χ4v) is 4.66. The van der Waals surface area contributed by atoms with Gasteiger partial charge < -0.3 is 9.15 Å². The monoisotopic (exact) mass is 520 g/mol. The van der Waals surface area contributed by atoms with Gasteiger partial charge in [-0.05, 0) is 75.7 Å². The van der Waals surface area contributed by atoms with Crippen LogP contribution in [0.1, 0.15) is 71.2 Å². The summed E-state index contributed by atoms with van der Waals surface area (Å²) in [6, 6.07) is 4.26. The molecule has 1 aromatic carbocycles. The molecule has 0 saturated carbocycles. The molecule has 1 aromatic heterocycles. The molecular weight excluding hydrogens is 488 g/mol. The summed E-state index contributed by atoms with van der Waals surface area (Å²) >= 11 is 6.25. The third kappa shape index (κ3) is 7.30. The van der Waals surface area contributed by atoms with E-state index in [1.807, 2.05) is 25.2 Å². The summed E-state index contributed by atoms with van der Waals surface area (Å²) < 4.78 is 10.6. The van der Waals surface area contributed by atoms with Gasteiger partial charge in [0, 0.05) is 17.5 Å². The van der Waals surface area contributed by atoms with Crippen molar-refractivity contribution in [1.29, 1.82) is 0 Å². The van der Waals surface area contributed by atoms with E-state index >= 15 is 0 Å². The van der Waals surface area contributed by atoms with E-state index in [2.05, 4.69) is 32.9 Å². The molecule has 0 amide bonds. The van der Waals surface area contributed by atoms with Gasteiger partial charge in [0.2, 0.25) is 0 Å². The van der Waals surface area contributed by atoms with Crippen LogP contribution in [0, 0.1) is 5.41 Å². The van der Waals surface area contributed by atoms with Crippen molar-refractivity contribution in [2.75, 3.05) is 0 Å². The van der Waals surface area contributed by atoms with Crippen LogP contribution in [0.3, 0.4) is 0 Å². The molecule has 2 aromatic rings. The highest BCUT2D eigenvalue weighted by Gasteiger charge is 2.26. The highest BCUT2D eigenvalue weighted by Crippen LogP contribution is 2.40. The van der Waals surface area contributed by atoms with Crippen LogP contribution in [0.2, 0.25) is 5.02 Å². The predicted octanol–water partition coefficient (Wildman–Crippen LogP) is 8.09. The highest BCUT2D eigenvalue weighted by molar-refractivity contribution is 6.33. The first-order valence-electron chi connectivity index (χ1n) is 12.3. The number of allylic oxidation sites excluding steroid dienone is 9. The molecule has 0 bridgehead atoms. The summed E-state index contributed by atoms with van der Waals surface area (Å²) in [4.78, 5) is 36.0. The molecule has 0 aliphatic heterocycles. The van der Waals surface area contributed by atoms with Crippen LogP contribution in [0.25, 0.3) is 11.0 Å². The van der Waals surface area contributed by atoms with Gasteiger partial charge in [-0.25, -0.2) is 9.59 Å². The summed E-state index contributed by atoms with van der Waals surface area (Å²) in [5, 5.41) is 0.613. The Morgan fingerprint density at radius 1 is 1.08 bits per heavy atom. The van der Waals surface area contributed by atoms with E-state index in [0.717, 1.165) is 12.0 Å². The summed E-state index contributed by atoms with van der Waals surface area (Å²) in [6.45, 7) is 11.9. The van der Waals surface area contributed by atoms with Gasteiger partial charge >= 0.3 is 11.6 Å². The van der Waals surface area contributed by atoms with Crippen molar-refractivity contribution in [3.63, 3.8) is 0 Å². The van der Waals surface area contributed by atoms with Gasteiger partial charge in [0.05, 0.1) is 5.02 Å². The van der Waals surface area contributed by atoms with Crippen LogP contribution < -0.4 is 10.4 Å². The van der Waals surface area contributed by atoms with Crippen molar-refractivity contribution in [2.45, 2.75) is 60.8 Å². The highest BCUT2D eigenvalue weighted by atomic mass is 35.5. The van der Waals surface area contributed by atoms with Gasteiger partial charge in [-0.3, -0.25) is 4.79 Å². The van der Waals surface area contributed by atoms with E-state index in [1.165, 1.54) is 55.2 Å². The van der Waals surface area contributed by atoms with Crippen LogP contribution >= 0.6 is 11.6 Å². The van der Waals surface area contributed by atoms with Crippen LogP contribution in [-0.4, -0.2) is 11.8 Å². The zero-order valence-corrected chi connectivity index (χ0v) is 23.0. The minimum absolute atomic E-state index is 0.0574. The van der Waals surface area contributed by atoms with Gasteiger partial charge in [-0.2, -0.15) is 0 Å². The third-order valence-electron chi connectivity index (χ3n) is 6.50. The normalized spacial score (nSPS) is 16.7. The van der Waals surface area contributed by atoms with Gasteiger partial charge in [0.15, 0.2) is 11.5 Å². The fraction of sp³-hybridized carbons (Fsp3) is 0.323. The van der Waals surface area contributed by atoms with E-state index < -0.39 is 17.4 Å². The number of hydrogen-bond acceptors (Lipinski definition) is 5. The molecule has 0 unspecified atom stereocenters. The fourth-order valence-electron chi connectivity index (χ4n) is 4.45. The topological polar surface area (TPSA) is 73.6 Å². The second-order valence-corrected chi connectivity index (χ2v) is 10.6. The number of benzene rings is 1. The zero-order valence-electron chi connectivity index (χ0n) is 22.2. The first kappa shape index (κ1) is 28.1. The Morgan fingerprint density at radius 2 is 1.81 bits per heavy atom. The number of halogens is 1. The molecule has 6 heteroatoms. The summed E-state index contributed by atoms with van der Waals surface area (Å²) in [5.41, 5.74) is 4.22. The Labute approximate surface area is 222 Å². The van der Waals surface area contributed by atoms with Gasteiger partial charge in [0.25, 0.3) is 0 Å². The molecule has 3 rings (SSSR count). The molecular formula is C31H33ClO5. The Kier molecular flexibility index (Phi) is 8.93. The van der Waals surface area contributed by atoms with E-state index in [1.54, 1.807) is 6.92 Å². The number of carbonyl (C=O) groups is 2. The van der Waals surface area contributed by atoms with E-state index in [0.29, 0.717) is 11.0 Å². The van der Waals surface area contributed by atoms with Gasteiger partial charge in [-0.15, -0.1) is 0 Å². The Bertz CT molecular complexity index is 1440. The standard InChI is InChI=1S/C31H33ClO5/c1-19(12-13-25-21(3)11-8-14-31(25,5)6)9-7-10-20(2)15-29(34)36-28-18-27-23(17-26(28)32)16-24(22(4)33)30(35)37-27/h7,9-10,12-13,15-18H,8,11,14H2,1-6H3. The molecule has 37 heavy (non-hydrogen) atoms. The summed E-state index contributed by atoms with van der Waals surface area (Å²) in [7, 11) is 0. The maximum absolute atomic E-state index is 12.4. The van der Waals surface area contributed by atoms with Crippen molar-refractivity contribution in [2.24, 2.45) is 5.41 Å². The van der Waals surface area contributed by atoms with Crippen LogP contribution in [0.5, 0.6) is 5.75 Å². The molecule has 5 nitrogen and oxygen atoms in total. The van der Waals surface area contributed by atoms with Gasteiger partial charge in [0.1, 0.15) is 11.1 Å². The summed E-state index contributed by atoms with van der Waals surface area (Å²) in [6.07, 6.45) is 15.0. The van der Waals surface area contributed by atoms with Crippen molar-refractivity contribution >= 4 is 34.3 Å². The molecule has 0 fully saturated rings. The Balaban J connectivity index is 1.68. The van der Waals surface area contributed by atoms with Crippen LogP contribution in [0.4, 0.5) is 0 Å². The number of rotatable bonds is 7. The van der Waals surface area contributed by atoms with Crippen molar-refractivity contribution in [3.8, 4) is 5.75 Å².